The molecule has 1 nitrogen and oxygen atoms in total. The standard InChI is InChI=1S/C18H37N/c1-3-4-5-6-7-8-9-10-11-12-13-14-15-16-17-18(2)19/h15-16,18H,3-14,17,19H2,1-2H3/t18-/m0/s1. The summed E-state index contributed by atoms with van der Waals surface area (Å²) in [6, 6.07) is 0.313. The van der Waals surface area contributed by atoms with Gasteiger partial charge in [-0.1, -0.05) is 83.3 Å². The summed E-state index contributed by atoms with van der Waals surface area (Å²) >= 11 is 0. The molecule has 0 spiro atoms. The fourth-order valence-corrected chi connectivity index (χ4v) is 2.36. The van der Waals surface area contributed by atoms with Gasteiger partial charge in [0.05, 0.1) is 0 Å². The van der Waals surface area contributed by atoms with Crippen LogP contribution in [0.15, 0.2) is 12.2 Å². The lowest BCUT2D eigenvalue weighted by Crippen LogP contribution is -2.12. The van der Waals surface area contributed by atoms with Crippen LogP contribution in [0.2, 0.25) is 0 Å². The predicted molar refractivity (Wildman–Crippen MR) is 88.5 cm³/mol. The van der Waals surface area contributed by atoms with Crippen LogP contribution in [0.4, 0.5) is 0 Å². The lowest BCUT2D eigenvalue weighted by molar-refractivity contribution is 0.550. The first-order chi connectivity index (χ1) is 9.27. The van der Waals surface area contributed by atoms with Gasteiger partial charge in [0.15, 0.2) is 0 Å². The van der Waals surface area contributed by atoms with Crippen molar-refractivity contribution in [2.24, 2.45) is 5.73 Å². The van der Waals surface area contributed by atoms with E-state index in [4.69, 9.17) is 5.73 Å². The Labute approximate surface area is 122 Å². The van der Waals surface area contributed by atoms with Gasteiger partial charge >= 0.3 is 0 Å². The molecule has 0 aliphatic rings. The third-order valence-electron chi connectivity index (χ3n) is 3.65. The van der Waals surface area contributed by atoms with Gasteiger partial charge in [0, 0.05) is 6.04 Å². The number of allylic oxidation sites excluding steroid dienone is 1. The first-order valence-corrected chi connectivity index (χ1v) is 8.68. The highest BCUT2D eigenvalue weighted by molar-refractivity contribution is 4.83. The van der Waals surface area contributed by atoms with E-state index in [2.05, 4.69) is 26.0 Å². The molecular weight excluding hydrogens is 230 g/mol. The van der Waals surface area contributed by atoms with Crippen LogP contribution in [-0.4, -0.2) is 6.04 Å². The number of nitrogens with two attached hydrogens (primary N) is 1. The molecule has 19 heavy (non-hydrogen) atoms. The van der Waals surface area contributed by atoms with Gasteiger partial charge in [-0.25, -0.2) is 0 Å². The van der Waals surface area contributed by atoms with Crippen molar-refractivity contribution in [3.05, 3.63) is 12.2 Å². The maximum absolute atomic E-state index is 5.69. The SMILES string of the molecule is CCCCCCCCCCCCCC=CC[C@H](C)N. The number of unbranched alkanes of at least 4 members (excludes halogenated alkanes) is 11. The zero-order valence-corrected chi connectivity index (χ0v) is 13.5. The molecule has 0 radical (unpaired) electrons. The van der Waals surface area contributed by atoms with Gasteiger partial charge < -0.3 is 5.73 Å². The lowest BCUT2D eigenvalue weighted by atomic mass is 10.1. The Morgan fingerprint density at radius 2 is 1.21 bits per heavy atom. The average molecular weight is 268 g/mol. The second-order valence-electron chi connectivity index (χ2n) is 6.01. The maximum Gasteiger partial charge on any atom is 0.00449 e. The zero-order valence-electron chi connectivity index (χ0n) is 13.5. The van der Waals surface area contributed by atoms with Crippen molar-refractivity contribution >= 4 is 0 Å². The van der Waals surface area contributed by atoms with Gasteiger partial charge in [0.2, 0.25) is 0 Å². The van der Waals surface area contributed by atoms with Gasteiger partial charge in [-0.2, -0.15) is 0 Å². The third kappa shape index (κ3) is 17.7. The summed E-state index contributed by atoms with van der Waals surface area (Å²) in [4.78, 5) is 0. The molecule has 0 amide bonds. The summed E-state index contributed by atoms with van der Waals surface area (Å²) in [5.74, 6) is 0. The summed E-state index contributed by atoms with van der Waals surface area (Å²) in [7, 11) is 0. The molecular formula is C18H37N. The largest absolute Gasteiger partial charge is 0.328 e. The topological polar surface area (TPSA) is 26.0 Å². The van der Waals surface area contributed by atoms with Crippen molar-refractivity contribution < 1.29 is 0 Å². The lowest BCUT2D eigenvalue weighted by Gasteiger charge is -2.02. The summed E-state index contributed by atoms with van der Waals surface area (Å²) < 4.78 is 0. The third-order valence-corrected chi connectivity index (χ3v) is 3.65. The minimum atomic E-state index is 0.313. The van der Waals surface area contributed by atoms with Crippen molar-refractivity contribution in [1.82, 2.24) is 0 Å². The fraction of sp³-hybridized carbons (Fsp3) is 0.889. The highest BCUT2D eigenvalue weighted by atomic mass is 14.6. The maximum atomic E-state index is 5.69. The number of hydrogen-bond acceptors (Lipinski definition) is 1. The van der Waals surface area contributed by atoms with Crippen LogP contribution in [-0.2, 0) is 0 Å². The molecule has 0 aromatic rings. The van der Waals surface area contributed by atoms with Crippen LogP contribution in [0, 0.1) is 0 Å². The van der Waals surface area contributed by atoms with Gasteiger partial charge in [-0.05, 0) is 26.2 Å². The van der Waals surface area contributed by atoms with Gasteiger partial charge in [-0.3, -0.25) is 0 Å². The molecule has 0 aromatic heterocycles. The Kier molecular flexibility index (Phi) is 15.5. The molecule has 0 saturated heterocycles. The average Bonchev–Trinajstić information content (AvgIpc) is 2.39. The van der Waals surface area contributed by atoms with Crippen LogP contribution >= 0.6 is 0 Å². The van der Waals surface area contributed by atoms with Crippen LogP contribution in [0.3, 0.4) is 0 Å². The minimum Gasteiger partial charge on any atom is -0.328 e. The first kappa shape index (κ1) is 18.7. The number of rotatable bonds is 14. The fourth-order valence-electron chi connectivity index (χ4n) is 2.36. The highest BCUT2D eigenvalue weighted by Crippen LogP contribution is 2.12. The van der Waals surface area contributed by atoms with E-state index < -0.39 is 0 Å². The van der Waals surface area contributed by atoms with Gasteiger partial charge in [0.1, 0.15) is 0 Å². The predicted octanol–water partition coefficient (Wildman–Crippen LogP) is 5.98. The van der Waals surface area contributed by atoms with Crippen LogP contribution < -0.4 is 5.73 Å². The molecule has 0 unspecified atom stereocenters. The zero-order chi connectivity index (χ0) is 14.2. The quantitative estimate of drug-likeness (QED) is 0.304. The van der Waals surface area contributed by atoms with Crippen molar-refractivity contribution in [2.75, 3.05) is 0 Å². The Hall–Kier alpha value is -0.300. The monoisotopic (exact) mass is 267 g/mol. The van der Waals surface area contributed by atoms with Crippen molar-refractivity contribution in [3.63, 3.8) is 0 Å². The van der Waals surface area contributed by atoms with E-state index in [1.54, 1.807) is 0 Å². The Morgan fingerprint density at radius 3 is 1.68 bits per heavy atom. The van der Waals surface area contributed by atoms with Crippen LogP contribution in [0.1, 0.15) is 97.3 Å². The van der Waals surface area contributed by atoms with Crippen molar-refractivity contribution in [1.29, 1.82) is 0 Å². The molecule has 114 valence electrons. The van der Waals surface area contributed by atoms with E-state index in [0.717, 1.165) is 6.42 Å². The summed E-state index contributed by atoms with van der Waals surface area (Å²) in [6.45, 7) is 4.35. The molecule has 0 aliphatic heterocycles. The second-order valence-corrected chi connectivity index (χ2v) is 6.01. The van der Waals surface area contributed by atoms with E-state index in [1.807, 2.05) is 0 Å². The second kappa shape index (κ2) is 15.8. The molecule has 0 saturated carbocycles. The van der Waals surface area contributed by atoms with Crippen LogP contribution in [0.25, 0.3) is 0 Å². The van der Waals surface area contributed by atoms with E-state index in [9.17, 15) is 0 Å². The number of hydrogen-bond donors (Lipinski definition) is 1. The molecule has 0 rings (SSSR count). The molecule has 0 aromatic carbocycles. The summed E-state index contributed by atoms with van der Waals surface area (Å²) in [6.07, 6.45) is 22.5. The molecule has 1 atom stereocenters. The van der Waals surface area contributed by atoms with E-state index in [-0.39, 0.29) is 0 Å². The van der Waals surface area contributed by atoms with Crippen LogP contribution in [0.5, 0.6) is 0 Å². The molecule has 1 heteroatoms. The van der Waals surface area contributed by atoms with Crippen molar-refractivity contribution in [2.45, 2.75) is 103 Å². The molecule has 2 N–H and O–H groups in total. The smallest absolute Gasteiger partial charge is 0.00449 e. The summed E-state index contributed by atoms with van der Waals surface area (Å²) in [5, 5.41) is 0. The molecule has 0 heterocycles. The normalized spacial score (nSPS) is 13.2. The van der Waals surface area contributed by atoms with Gasteiger partial charge in [-0.15, -0.1) is 0 Å². The molecule has 0 fully saturated rings. The minimum absolute atomic E-state index is 0.313. The first-order valence-electron chi connectivity index (χ1n) is 8.68. The Balaban J connectivity index is 3.01. The highest BCUT2D eigenvalue weighted by Gasteiger charge is 1.92. The molecule has 0 bridgehead atoms. The van der Waals surface area contributed by atoms with E-state index >= 15 is 0 Å². The van der Waals surface area contributed by atoms with Gasteiger partial charge in [0.25, 0.3) is 0 Å². The van der Waals surface area contributed by atoms with E-state index in [0.29, 0.717) is 6.04 Å². The Morgan fingerprint density at radius 1 is 0.737 bits per heavy atom. The van der Waals surface area contributed by atoms with Crippen molar-refractivity contribution in [3.8, 4) is 0 Å². The summed E-state index contributed by atoms with van der Waals surface area (Å²) in [5.41, 5.74) is 5.69. The molecule has 0 aliphatic carbocycles. The van der Waals surface area contributed by atoms with E-state index in [1.165, 1.54) is 77.0 Å². The Bertz CT molecular complexity index is 184.